The number of hydrazine groups is 1. The van der Waals surface area contributed by atoms with Crippen molar-refractivity contribution in [3.63, 3.8) is 0 Å². The van der Waals surface area contributed by atoms with Crippen molar-refractivity contribution < 1.29 is 4.87 Å². The van der Waals surface area contributed by atoms with Crippen LogP contribution in [0.4, 0.5) is 34.1 Å². The molecule has 0 aliphatic rings. The molecular formula is C32H25N6O+. The van der Waals surface area contributed by atoms with Crippen molar-refractivity contribution in [1.82, 2.24) is 0 Å². The summed E-state index contributed by atoms with van der Waals surface area (Å²) in [5.41, 5.74) is 8.97. The maximum atomic E-state index is 12.6. The maximum Gasteiger partial charge on any atom is 0.292 e. The Morgan fingerprint density at radius 3 is 1.38 bits per heavy atom. The van der Waals surface area contributed by atoms with Crippen LogP contribution in [0.2, 0.25) is 0 Å². The topological polar surface area (TPSA) is 81.5 Å². The fraction of sp³-hybridized carbons (Fsp3) is 0. The van der Waals surface area contributed by atoms with Gasteiger partial charge in [-0.1, -0.05) is 60.7 Å². The molecule has 1 N–H and O–H groups in total. The Morgan fingerprint density at radius 2 is 0.897 bits per heavy atom. The van der Waals surface area contributed by atoms with E-state index in [0.29, 0.717) is 27.6 Å². The van der Waals surface area contributed by atoms with Gasteiger partial charge in [-0.25, -0.2) is 0 Å². The zero-order valence-electron chi connectivity index (χ0n) is 21.0. The Labute approximate surface area is 226 Å². The second-order valence-electron chi connectivity index (χ2n) is 8.52. The Bertz CT molecular complexity index is 1590. The molecule has 0 saturated carbocycles. The average molecular weight is 510 g/mol. The first-order valence-electron chi connectivity index (χ1n) is 12.4. The summed E-state index contributed by atoms with van der Waals surface area (Å²) in [5.74, 6) is 0. The molecule has 0 aliphatic carbocycles. The van der Waals surface area contributed by atoms with Gasteiger partial charge in [-0.05, 0) is 71.8 Å². The number of benzene rings is 5. The van der Waals surface area contributed by atoms with Crippen LogP contribution in [0.3, 0.4) is 0 Å². The van der Waals surface area contributed by atoms with Crippen molar-refractivity contribution in [3.8, 4) is 0 Å². The summed E-state index contributed by atoms with van der Waals surface area (Å²) >= 11 is 0. The molecule has 0 saturated heterocycles. The van der Waals surface area contributed by atoms with E-state index < -0.39 is 0 Å². The normalized spacial score (nSPS) is 11.4. The predicted molar refractivity (Wildman–Crippen MR) is 158 cm³/mol. The quantitative estimate of drug-likeness (QED) is 0.0930. The molecule has 0 unspecified atom stereocenters. The first-order chi connectivity index (χ1) is 19.2. The van der Waals surface area contributed by atoms with Gasteiger partial charge >= 0.3 is 0 Å². The molecule has 0 fully saturated rings. The second kappa shape index (κ2) is 12.6. The van der Waals surface area contributed by atoms with E-state index in [1.54, 1.807) is 30.5 Å². The minimum Gasteiger partial charge on any atom is -0.256 e. The van der Waals surface area contributed by atoms with Crippen molar-refractivity contribution in [3.05, 3.63) is 149 Å². The molecule has 0 heterocycles. The number of nitroso groups, excluding NO2 is 1. The molecule has 0 bridgehead atoms. The molecular weight excluding hydrogens is 484 g/mol. The van der Waals surface area contributed by atoms with Crippen LogP contribution in [0.1, 0.15) is 11.1 Å². The fourth-order valence-electron chi connectivity index (χ4n) is 3.56. The minimum atomic E-state index is 0.445. The number of rotatable bonds is 9. The highest BCUT2D eigenvalue weighted by molar-refractivity contribution is 5.82. The van der Waals surface area contributed by atoms with E-state index in [2.05, 4.69) is 25.6 Å². The van der Waals surface area contributed by atoms with Crippen molar-refractivity contribution >= 4 is 46.6 Å². The van der Waals surface area contributed by atoms with Crippen LogP contribution in [-0.4, -0.2) is 17.3 Å². The highest BCUT2D eigenvalue weighted by atomic mass is 16.3. The Hall–Kier alpha value is -5.56. The van der Waals surface area contributed by atoms with Crippen LogP contribution in [0, 0.1) is 4.91 Å². The smallest absolute Gasteiger partial charge is 0.256 e. The third kappa shape index (κ3) is 7.47. The summed E-state index contributed by atoms with van der Waals surface area (Å²) in [6, 6.07) is 41.5. The molecule has 0 aromatic heterocycles. The van der Waals surface area contributed by atoms with E-state index in [0.717, 1.165) is 22.5 Å². The largest absolute Gasteiger partial charge is 0.292 e. The first-order valence-corrected chi connectivity index (χ1v) is 12.4. The van der Waals surface area contributed by atoms with Crippen LogP contribution in [0.15, 0.2) is 154 Å². The van der Waals surface area contributed by atoms with Gasteiger partial charge < -0.3 is 0 Å². The Balaban J connectivity index is 1.14. The van der Waals surface area contributed by atoms with Crippen LogP contribution in [0.5, 0.6) is 0 Å². The summed E-state index contributed by atoms with van der Waals surface area (Å²) in [6.45, 7) is 0. The molecule has 188 valence electrons. The molecule has 0 aliphatic heterocycles. The summed E-state index contributed by atoms with van der Waals surface area (Å²) in [7, 11) is 0. The van der Waals surface area contributed by atoms with Crippen molar-refractivity contribution in [1.29, 1.82) is 0 Å². The lowest BCUT2D eigenvalue weighted by atomic mass is 10.2. The number of hydrogen-bond acceptors (Lipinski definition) is 5. The summed E-state index contributed by atoms with van der Waals surface area (Å²) in [6.07, 6.45) is 3.63. The van der Waals surface area contributed by atoms with Gasteiger partial charge in [0.05, 0.1) is 27.7 Å². The molecule has 7 nitrogen and oxygen atoms in total. The molecule has 7 heteroatoms. The lowest BCUT2D eigenvalue weighted by Gasteiger charge is -1.99. The SMILES string of the molecule is O=[N+](Nc1ccc(N=Cc2ccccc2)cc1)c1ccc(N=Nc2ccc(N=Cc3ccccc3)cc2)cc1. The molecule has 0 spiro atoms. The molecule has 5 aromatic carbocycles. The second-order valence-corrected chi connectivity index (χ2v) is 8.52. The molecule has 39 heavy (non-hydrogen) atoms. The lowest BCUT2D eigenvalue weighted by molar-refractivity contribution is -0.427. The van der Waals surface area contributed by atoms with Gasteiger partial charge in [-0.2, -0.15) is 10.2 Å². The van der Waals surface area contributed by atoms with Gasteiger partial charge in [0.15, 0.2) is 4.87 Å². The number of nitrogens with zero attached hydrogens (tertiary/aromatic N) is 5. The highest BCUT2D eigenvalue weighted by Crippen LogP contribution is 2.24. The van der Waals surface area contributed by atoms with Gasteiger partial charge in [0.25, 0.3) is 5.69 Å². The first kappa shape index (κ1) is 25.1. The Kier molecular flexibility index (Phi) is 8.11. The average Bonchev–Trinajstić information content (AvgIpc) is 3.00. The zero-order chi connectivity index (χ0) is 26.7. The molecule has 0 radical (unpaired) electrons. The third-order valence-electron chi connectivity index (χ3n) is 5.64. The molecule has 5 rings (SSSR count). The van der Waals surface area contributed by atoms with Gasteiger partial charge in [0.1, 0.15) is 5.69 Å². The minimum absolute atomic E-state index is 0.445. The predicted octanol–water partition coefficient (Wildman–Crippen LogP) is 9.04. The fourth-order valence-corrected chi connectivity index (χ4v) is 3.56. The van der Waals surface area contributed by atoms with E-state index in [9.17, 15) is 4.91 Å². The van der Waals surface area contributed by atoms with Crippen molar-refractivity contribution in [2.45, 2.75) is 0 Å². The summed E-state index contributed by atoms with van der Waals surface area (Å²) in [4.78, 5) is 22.2. The molecule has 0 atom stereocenters. The maximum absolute atomic E-state index is 12.6. The molecule has 5 aromatic rings. The Morgan fingerprint density at radius 1 is 0.487 bits per heavy atom. The monoisotopic (exact) mass is 509 g/mol. The lowest BCUT2D eigenvalue weighted by Crippen LogP contribution is -2.09. The van der Waals surface area contributed by atoms with Crippen LogP contribution in [0.25, 0.3) is 0 Å². The van der Waals surface area contributed by atoms with Gasteiger partial charge in [-0.3, -0.25) is 9.98 Å². The van der Waals surface area contributed by atoms with Crippen LogP contribution >= 0.6 is 0 Å². The van der Waals surface area contributed by atoms with E-state index in [4.69, 9.17) is 0 Å². The zero-order valence-corrected chi connectivity index (χ0v) is 21.0. The van der Waals surface area contributed by atoms with Gasteiger partial charge in [0, 0.05) is 24.6 Å². The van der Waals surface area contributed by atoms with Crippen molar-refractivity contribution in [2.75, 3.05) is 5.43 Å². The standard InChI is InChI=1S/C32H25N6O/c39-38(37-31-17-13-28(14-18-31)34-24-26-9-5-2-6-10-26)32-21-19-30(20-22-32)36-35-29-15-11-27(12-16-29)33-23-25-7-3-1-4-8-25/h1-24H,(H,37,39)/q+1. The van der Waals surface area contributed by atoms with Gasteiger partial charge in [-0.15, -0.1) is 5.43 Å². The highest BCUT2D eigenvalue weighted by Gasteiger charge is 2.14. The van der Waals surface area contributed by atoms with Crippen LogP contribution < -0.4 is 5.43 Å². The summed E-state index contributed by atoms with van der Waals surface area (Å²) in [5, 5.41) is 8.54. The van der Waals surface area contributed by atoms with E-state index >= 15 is 0 Å². The van der Waals surface area contributed by atoms with Crippen molar-refractivity contribution in [2.24, 2.45) is 20.2 Å². The molecule has 0 amide bonds. The van der Waals surface area contributed by atoms with E-state index in [-0.39, 0.29) is 0 Å². The third-order valence-corrected chi connectivity index (χ3v) is 5.64. The number of azo groups is 1. The number of hydrogen-bond donors (Lipinski definition) is 1. The number of aliphatic imine (C=N–C) groups is 2. The number of anilines is 1. The van der Waals surface area contributed by atoms with E-state index in [1.807, 2.05) is 115 Å². The van der Waals surface area contributed by atoms with Gasteiger partial charge in [0.2, 0.25) is 0 Å². The summed E-state index contributed by atoms with van der Waals surface area (Å²) < 4.78 is 0. The van der Waals surface area contributed by atoms with E-state index in [1.165, 1.54) is 0 Å². The number of nitrogens with one attached hydrogen (secondary N) is 1. The van der Waals surface area contributed by atoms with Crippen LogP contribution in [-0.2, 0) is 0 Å².